The topological polar surface area (TPSA) is 194 Å². The van der Waals surface area contributed by atoms with Gasteiger partial charge in [-0.15, -0.1) is 22.7 Å². The third-order valence-corrected chi connectivity index (χ3v) is 20.2. The van der Waals surface area contributed by atoms with Crippen LogP contribution in [0.2, 0.25) is 10.0 Å². The number of nitrogens with zero attached hydrogens (tertiary/aromatic N) is 6. The van der Waals surface area contributed by atoms with E-state index in [-0.39, 0.29) is 63.7 Å². The van der Waals surface area contributed by atoms with Crippen molar-refractivity contribution in [3.8, 4) is 46.2 Å². The van der Waals surface area contributed by atoms with Crippen LogP contribution in [0.4, 0.5) is 26.3 Å². The highest BCUT2D eigenvalue weighted by atomic mass is 35.5. The number of sulfonamides is 1. The predicted molar refractivity (Wildman–Crippen MR) is 349 cm³/mol. The summed E-state index contributed by atoms with van der Waals surface area (Å²) in [6.07, 6.45) is 2.37. The van der Waals surface area contributed by atoms with E-state index >= 15 is 0 Å². The molecule has 0 radical (unpaired) electrons. The van der Waals surface area contributed by atoms with Crippen LogP contribution in [-0.2, 0) is 44.9 Å². The van der Waals surface area contributed by atoms with Gasteiger partial charge in [0, 0.05) is 45.0 Å². The van der Waals surface area contributed by atoms with Crippen LogP contribution >= 0.6 is 57.8 Å². The Morgan fingerprint density at radius 3 is 1.38 bits per heavy atom. The third-order valence-electron chi connectivity index (χ3n) is 16.0. The average Bonchev–Trinajstić information content (AvgIpc) is 1.52. The van der Waals surface area contributed by atoms with Crippen LogP contribution in [0, 0.1) is 22.7 Å². The summed E-state index contributed by atoms with van der Waals surface area (Å²) in [6.45, 7) is -0.518. The molecule has 2 aliphatic heterocycles. The smallest absolute Gasteiger partial charge is 0.494 e. The molecule has 0 atom stereocenters. The van der Waals surface area contributed by atoms with Crippen LogP contribution in [0.3, 0.4) is 0 Å². The normalized spacial score (nSPS) is 13.9. The summed E-state index contributed by atoms with van der Waals surface area (Å²) in [6, 6.07) is 47.2. The van der Waals surface area contributed by atoms with E-state index in [1.807, 2.05) is 77.5 Å². The van der Waals surface area contributed by atoms with Gasteiger partial charge in [-0.3, -0.25) is 14.3 Å². The molecule has 0 spiro atoms. The first-order chi connectivity index (χ1) is 44.1. The largest absolute Gasteiger partial charge is 0.516 e. The fourth-order valence-corrected chi connectivity index (χ4v) is 15.1. The fourth-order valence-electron chi connectivity index (χ4n) is 12.0. The highest BCUT2D eigenvalue weighted by Crippen LogP contribution is 2.41. The second-order valence-corrected chi connectivity index (χ2v) is 27.5. The van der Waals surface area contributed by atoms with E-state index in [9.17, 15) is 54.9 Å². The zero-order valence-corrected chi connectivity index (χ0v) is 52.9. The van der Waals surface area contributed by atoms with Crippen LogP contribution < -0.4 is 29.6 Å². The lowest BCUT2D eigenvalue weighted by Crippen LogP contribution is -2.40. The molecule has 92 heavy (non-hydrogen) atoms. The van der Waals surface area contributed by atoms with E-state index in [0.29, 0.717) is 118 Å². The molecule has 2 amide bonds. The molecule has 0 saturated heterocycles. The highest BCUT2D eigenvalue weighted by Gasteiger charge is 2.47. The molecule has 6 heterocycles. The molecule has 12 rings (SSSR count). The van der Waals surface area contributed by atoms with Gasteiger partial charge in [-0.25, -0.2) is 14.7 Å². The average molecular weight is 1360 g/mol. The van der Waals surface area contributed by atoms with Crippen molar-refractivity contribution < 1.29 is 53.8 Å². The van der Waals surface area contributed by atoms with Gasteiger partial charge >= 0.3 is 21.0 Å². The number of carbonyl (C=O) groups excluding carboxylic acids is 2. The van der Waals surface area contributed by atoms with Crippen LogP contribution in [0.15, 0.2) is 133 Å². The van der Waals surface area contributed by atoms with Crippen molar-refractivity contribution in [1.29, 1.82) is 10.5 Å². The van der Waals surface area contributed by atoms with Crippen molar-refractivity contribution in [3.63, 3.8) is 0 Å². The molecule has 6 aromatic carbocycles. The number of aromatic nitrogens is 4. The van der Waals surface area contributed by atoms with E-state index in [4.69, 9.17) is 42.6 Å². The lowest BCUT2D eigenvalue weighted by Gasteiger charge is -2.20. The number of hydrogen-bond donors (Lipinski definition) is 2. The minimum absolute atomic E-state index is 0.0120. The maximum atomic E-state index is 13.0. The second-order valence-electron chi connectivity index (χ2n) is 22.0. The molecule has 0 fully saturated rings. The van der Waals surface area contributed by atoms with E-state index in [0.717, 1.165) is 36.4 Å². The van der Waals surface area contributed by atoms with Crippen LogP contribution in [0.25, 0.3) is 64.9 Å². The van der Waals surface area contributed by atoms with Gasteiger partial charge in [0.15, 0.2) is 0 Å². The first kappa shape index (κ1) is 63.9. The zero-order chi connectivity index (χ0) is 64.6. The van der Waals surface area contributed by atoms with Crippen molar-refractivity contribution >= 4 is 136 Å². The molecule has 14 nitrogen and oxygen atoms in total. The van der Waals surface area contributed by atoms with E-state index in [1.54, 1.807) is 36.4 Å². The quantitative estimate of drug-likeness (QED) is 0.0319. The predicted octanol–water partition coefficient (Wildman–Crippen LogP) is 13.5. The van der Waals surface area contributed by atoms with Crippen molar-refractivity contribution in [1.82, 2.24) is 28.4 Å². The number of unbranched alkanes of at least 4 members (excludes halogenated alkanes) is 2. The number of benzene rings is 6. The molecule has 0 bridgehead atoms. The summed E-state index contributed by atoms with van der Waals surface area (Å²) < 4.78 is 122. The number of nitriles is 2. The Hall–Kier alpha value is -8.23. The number of rotatable bonds is 20. The Labute approximate surface area is 545 Å². The molecule has 0 aliphatic carbocycles. The minimum Gasteiger partial charge on any atom is -0.494 e. The minimum atomic E-state index is -5.86. The number of carbonyl (C=O) groups is 2. The molecule has 0 saturated carbocycles. The molecule has 0 unspecified atom stereocenters. The van der Waals surface area contributed by atoms with Crippen molar-refractivity contribution in [2.75, 3.05) is 13.2 Å². The van der Waals surface area contributed by atoms with Crippen LogP contribution in [0.5, 0.6) is 11.5 Å². The fraction of sp³-hybridized carbons (Fsp3) is 0.219. The maximum Gasteiger partial charge on any atom is 0.516 e. The van der Waals surface area contributed by atoms with Gasteiger partial charge in [-0.1, -0.05) is 94.0 Å². The zero-order valence-electron chi connectivity index (χ0n) is 48.1. The Balaban J connectivity index is 1.10. The lowest BCUT2D eigenvalue weighted by atomic mass is 9.58. The third kappa shape index (κ3) is 13.4. The van der Waals surface area contributed by atoms with Crippen molar-refractivity contribution in [3.05, 3.63) is 186 Å². The summed E-state index contributed by atoms with van der Waals surface area (Å²) in [5.41, 5.74) is -1.49. The van der Waals surface area contributed by atoms with E-state index in [1.165, 1.54) is 22.7 Å². The summed E-state index contributed by atoms with van der Waals surface area (Å²) in [5.74, 6) is -1.20. The van der Waals surface area contributed by atoms with Gasteiger partial charge in [-0.2, -0.15) is 45.3 Å². The number of amides is 2. The number of ether oxygens (including phenoxy) is 2. The van der Waals surface area contributed by atoms with Gasteiger partial charge in [0.1, 0.15) is 44.8 Å². The number of thiazole rings is 2. The van der Waals surface area contributed by atoms with Crippen molar-refractivity contribution in [2.24, 2.45) is 0 Å². The van der Waals surface area contributed by atoms with Crippen molar-refractivity contribution in [2.45, 2.75) is 74.8 Å². The Morgan fingerprint density at radius 2 is 1.00 bits per heavy atom. The molecule has 10 aromatic rings. The summed E-state index contributed by atoms with van der Waals surface area (Å²) >= 11 is 15.3. The number of hydrogen-bond acceptors (Lipinski definition) is 13. The molecule has 4 aromatic heterocycles. The molecule has 2 aliphatic rings. The van der Waals surface area contributed by atoms with Crippen LogP contribution in [0.1, 0.15) is 70.8 Å². The Kier molecular flexibility index (Phi) is 18.3. The summed E-state index contributed by atoms with van der Waals surface area (Å²) in [7, 11) is -5.86. The van der Waals surface area contributed by atoms with Gasteiger partial charge in [0.2, 0.25) is 11.8 Å². The molecule has 2 N–H and O–H groups in total. The standard InChI is InChI=1S/C64H48B2Cl2F6N8O6S4/c67-43-19-25-51-49(29-43)77-61(89-51)47(35-75)59-55-56(58(82(59)66-33-41-11-3-4-12-42(41)34-66)38-17-23-46(24-18-38)88-28-8-6-14-54(84)80-92(85,86)64(72,73)74)60(48(36-76)62-78-50-30-44(68)20-26-52(50)90-62)81(65-31-39-9-1-2-10-40(39)32-65)57(55)37-15-21-45(22-16-37)87-27-7-5-13-53(83)79-91-63(69,70)71/h1-4,9-12,15-26,29-30H,5-8,13-14,27-28,31-34H2,(H,79,83)(H,80,84)/b59-47-,60-48-. The molecular formula is C64H48B2Cl2F6N8O6S4. The van der Waals surface area contributed by atoms with Gasteiger partial charge < -0.3 is 18.4 Å². The number of nitrogens with one attached hydrogen (secondary N) is 2. The number of halogens is 8. The summed E-state index contributed by atoms with van der Waals surface area (Å²) in [4.78, 5) is 34.7. The lowest BCUT2D eigenvalue weighted by molar-refractivity contribution is -0.120. The van der Waals surface area contributed by atoms with Gasteiger partial charge in [-0.05, 0) is 147 Å². The number of fused-ring (bicyclic) bond motifs is 5. The highest BCUT2D eigenvalue weighted by molar-refractivity contribution is 7.98. The van der Waals surface area contributed by atoms with E-state index < -0.39 is 51.2 Å². The summed E-state index contributed by atoms with van der Waals surface area (Å²) in [5, 5.41) is 28.2. The van der Waals surface area contributed by atoms with Crippen LogP contribution in [-0.4, -0.2) is 77.1 Å². The SMILES string of the molecule is N#C/C(c1nc2cc(Cl)ccc2s1)=c1\c2c(-c3ccc(OCCCCC(=O)NS(=O)(=O)C(F)(F)F)cc3)n(B3Cc4ccccc4C3)/c(=C(/C#N)c3nc4cc(Cl)ccc4s3)c2c(-c2ccc(OCCCCC(=O)NSC(F)(F)F)cc2)n1B1Cc2ccccc2C1. The Bertz CT molecular complexity index is 4740. The second kappa shape index (κ2) is 26.4. The Morgan fingerprint density at radius 1 is 0.598 bits per heavy atom. The molecule has 28 heteroatoms. The molecular weight excluding hydrogens is 1310 g/mol. The van der Waals surface area contributed by atoms with Gasteiger partial charge in [0.05, 0.1) is 56.3 Å². The first-order valence-electron chi connectivity index (χ1n) is 28.9. The van der Waals surface area contributed by atoms with Gasteiger partial charge in [0.25, 0.3) is 13.7 Å². The van der Waals surface area contributed by atoms with E-state index in [2.05, 4.69) is 45.4 Å². The first-order valence-corrected chi connectivity index (χ1v) is 33.6. The maximum absolute atomic E-state index is 13.0. The monoisotopic (exact) mass is 1360 g/mol. The number of alkyl halides is 6. The molecule has 466 valence electrons.